The highest BCUT2D eigenvalue weighted by Crippen LogP contribution is 2.53. The lowest BCUT2D eigenvalue weighted by Crippen LogP contribution is -2.08. The Hall–Kier alpha value is -1.04. The van der Waals surface area contributed by atoms with Gasteiger partial charge in [0.05, 0.1) is 0 Å². The van der Waals surface area contributed by atoms with Crippen molar-refractivity contribution in [1.29, 1.82) is 0 Å². The lowest BCUT2D eigenvalue weighted by atomic mass is 9.87. The minimum Gasteiger partial charge on any atom is -0.0990 e. The first-order valence-electron chi connectivity index (χ1n) is 5.03. The molecule has 2 rings (SSSR count). The summed E-state index contributed by atoms with van der Waals surface area (Å²) in [6.45, 7) is 6.38. The first kappa shape index (κ1) is 8.55. The third kappa shape index (κ3) is 1.31. The molecular formula is C13H16. The predicted molar refractivity (Wildman–Crippen MR) is 56.8 cm³/mol. The van der Waals surface area contributed by atoms with Gasteiger partial charge in [0, 0.05) is 5.41 Å². The smallest absolute Gasteiger partial charge is 0.0160 e. The molecule has 1 aromatic rings. The average Bonchev–Trinajstić information content (AvgIpc) is 2.99. The molecule has 1 aliphatic carbocycles. The number of allylic oxidation sites excluding steroid dienone is 1. The van der Waals surface area contributed by atoms with Gasteiger partial charge in [-0.3, -0.25) is 0 Å². The molecule has 0 bridgehead atoms. The van der Waals surface area contributed by atoms with Crippen LogP contribution in [0.3, 0.4) is 0 Å². The number of rotatable bonds is 3. The Labute approximate surface area is 80.3 Å². The molecule has 68 valence electrons. The first-order valence-corrected chi connectivity index (χ1v) is 5.03. The van der Waals surface area contributed by atoms with Crippen LogP contribution >= 0.6 is 0 Å². The maximum Gasteiger partial charge on any atom is 0.0160 e. The van der Waals surface area contributed by atoms with Gasteiger partial charge in [-0.1, -0.05) is 49.4 Å². The van der Waals surface area contributed by atoms with E-state index in [-0.39, 0.29) is 0 Å². The highest BCUT2D eigenvalue weighted by atomic mass is 14.5. The lowest BCUT2D eigenvalue weighted by Gasteiger charge is -2.17. The molecule has 0 nitrogen and oxygen atoms in total. The van der Waals surface area contributed by atoms with E-state index in [1.54, 1.807) is 0 Å². The van der Waals surface area contributed by atoms with Crippen LogP contribution in [0.25, 0.3) is 0 Å². The van der Waals surface area contributed by atoms with Crippen molar-refractivity contribution in [2.45, 2.75) is 31.6 Å². The van der Waals surface area contributed by atoms with E-state index in [2.05, 4.69) is 43.8 Å². The van der Waals surface area contributed by atoms with Crippen molar-refractivity contribution in [3.8, 4) is 0 Å². The number of hydrogen-bond donors (Lipinski definition) is 0. The molecule has 0 N–H and O–H groups in total. The Kier molecular flexibility index (Phi) is 1.99. The average molecular weight is 172 g/mol. The van der Waals surface area contributed by atoms with Crippen LogP contribution in [0.1, 0.15) is 31.7 Å². The van der Waals surface area contributed by atoms with Crippen LogP contribution in [0.2, 0.25) is 0 Å². The van der Waals surface area contributed by atoms with Gasteiger partial charge >= 0.3 is 0 Å². The van der Waals surface area contributed by atoms with Gasteiger partial charge in [-0.05, 0) is 24.8 Å². The van der Waals surface area contributed by atoms with Gasteiger partial charge in [-0.25, -0.2) is 0 Å². The molecule has 0 radical (unpaired) electrons. The molecule has 13 heavy (non-hydrogen) atoms. The van der Waals surface area contributed by atoms with Gasteiger partial charge in [0.25, 0.3) is 0 Å². The zero-order chi connectivity index (χ0) is 9.31. The van der Waals surface area contributed by atoms with Crippen LogP contribution in [-0.2, 0) is 5.41 Å². The molecule has 0 unspecified atom stereocenters. The van der Waals surface area contributed by atoms with Crippen molar-refractivity contribution >= 4 is 0 Å². The molecule has 1 aromatic carbocycles. The normalized spacial score (nSPS) is 18.2. The van der Waals surface area contributed by atoms with E-state index < -0.39 is 0 Å². The van der Waals surface area contributed by atoms with E-state index in [0.717, 1.165) is 6.42 Å². The third-order valence-electron chi connectivity index (χ3n) is 3.18. The van der Waals surface area contributed by atoms with Crippen LogP contribution in [0.4, 0.5) is 0 Å². The van der Waals surface area contributed by atoms with E-state index in [1.165, 1.54) is 24.0 Å². The fraction of sp³-hybridized carbons (Fsp3) is 0.385. The predicted octanol–water partition coefficient (Wildman–Crippen LogP) is 3.68. The Morgan fingerprint density at radius 2 is 1.92 bits per heavy atom. The Bertz CT molecular complexity index is 304. The summed E-state index contributed by atoms with van der Waals surface area (Å²) in [6.07, 6.45) is 3.70. The van der Waals surface area contributed by atoms with E-state index in [4.69, 9.17) is 0 Å². The molecule has 1 aliphatic rings. The van der Waals surface area contributed by atoms with Crippen molar-refractivity contribution in [1.82, 2.24) is 0 Å². The minimum atomic E-state index is 0.357. The number of benzene rings is 1. The van der Waals surface area contributed by atoms with Gasteiger partial charge in [-0.15, -0.1) is 0 Å². The second-order valence-electron chi connectivity index (χ2n) is 3.91. The zero-order valence-corrected chi connectivity index (χ0v) is 8.22. The van der Waals surface area contributed by atoms with Crippen LogP contribution in [0.5, 0.6) is 0 Å². The Morgan fingerprint density at radius 1 is 1.31 bits per heavy atom. The molecule has 0 heterocycles. The van der Waals surface area contributed by atoms with Gasteiger partial charge in [0.15, 0.2) is 0 Å². The quantitative estimate of drug-likeness (QED) is 0.610. The lowest BCUT2D eigenvalue weighted by molar-refractivity contribution is 0.779. The van der Waals surface area contributed by atoms with E-state index >= 15 is 0 Å². The standard InChI is InChI=1S/C13H16/c1-3-11(2)13(9-10-13)12-7-5-4-6-8-12/h4-8H,2-3,9-10H2,1H3. The van der Waals surface area contributed by atoms with E-state index in [0.29, 0.717) is 5.41 Å². The fourth-order valence-electron chi connectivity index (χ4n) is 2.07. The summed E-state index contributed by atoms with van der Waals surface area (Å²) in [5, 5.41) is 0. The molecule has 0 heteroatoms. The summed E-state index contributed by atoms with van der Waals surface area (Å²) in [5.41, 5.74) is 3.22. The summed E-state index contributed by atoms with van der Waals surface area (Å²) < 4.78 is 0. The molecule has 1 fully saturated rings. The summed E-state index contributed by atoms with van der Waals surface area (Å²) in [7, 11) is 0. The molecule has 0 atom stereocenters. The Morgan fingerprint density at radius 3 is 2.38 bits per heavy atom. The van der Waals surface area contributed by atoms with Crippen LogP contribution in [0.15, 0.2) is 42.5 Å². The zero-order valence-electron chi connectivity index (χ0n) is 8.22. The van der Waals surface area contributed by atoms with Gasteiger partial charge in [0.1, 0.15) is 0 Å². The van der Waals surface area contributed by atoms with Crippen molar-refractivity contribution in [2.75, 3.05) is 0 Å². The van der Waals surface area contributed by atoms with Crippen molar-refractivity contribution in [3.05, 3.63) is 48.0 Å². The monoisotopic (exact) mass is 172 g/mol. The Balaban J connectivity index is 2.31. The molecule has 0 amide bonds. The molecule has 0 aromatic heterocycles. The van der Waals surface area contributed by atoms with E-state index in [9.17, 15) is 0 Å². The largest absolute Gasteiger partial charge is 0.0990 e. The van der Waals surface area contributed by atoms with E-state index in [1.807, 2.05) is 0 Å². The molecular weight excluding hydrogens is 156 g/mol. The van der Waals surface area contributed by atoms with Crippen molar-refractivity contribution < 1.29 is 0 Å². The third-order valence-corrected chi connectivity index (χ3v) is 3.18. The first-order chi connectivity index (χ1) is 6.29. The summed E-state index contributed by atoms with van der Waals surface area (Å²) in [6, 6.07) is 10.8. The molecule has 1 saturated carbocycles. The fourth-order valence-corrected chi connectivity index (χ4v) is 2.07. The second-order valence-corrected chi connectivity index (χ2v) is 3.91. The van der Waals surface area contributed by atoms with Gasteiger partial charge in [0.2, 0.25) is 0 Å². The summed E-state index contributed by atoms with van der Waals surface area (Å²) >= 11 is 0. The summed E-state index contributed by atoms with van der Waals surface area (Å²) in [5.74, 6) is 0. The van der Waals surface area contributed by atoms with Gasteiger partial charge < -0.3 is 0 Å². The SMILES string of the molecule is C=C(CC)C1(c2ccccc2)CC1. The molecule has 0 aliphatic heterocycles. The maximum absolute atomic E-state index is 4.18. The van der Waals surface area contributed by atoms with Crippen LogP contribution in [-0.4, -0.2) is 0 Å². The maximum atomic E-state index is 4.18. The minimum absolute atomic E-state index is 0.357. The van der Waals surface area contributed by atoms with Crippen LogP contribution in [0, 0.1) is 0 Å². The summed E-state index contributed by atoms with van der Waals surface area (Å²) in [4.78, 5) is 0. The number of hydrogen-bond acceptors (Lipinski definition) is 0. The molecule has 0 saturated heterocycles. The van der Waals surface area contributed by atoms with Crippen LogP contribution < -0.4 is 0 Å². The highest BCUT2D eigenvalue weighted by Gasteiger charge is 2.45. The van der Waals surface area contributed by atoms with Crippen molar-refractivity contribution in [3.63, 3.8) is 0 Å². The second kappa shape index (κ2) is 3.02. The van der Waals surface area contributed by atoms with Crippen molar-refractivity contribution in [2.24, 2.45) is 0 Å². The van der Waals surface area contributed by atoms with Gasteiger partial charge in [-0.2, -0.15) is 0 Å². The topological polar surface area (TPSA) is 0 Å². The highest BCUT2D eigenvalue weighted by molar-refractivity contribution is 5.41. The molecule has 0 spiro atoms.